The molecule has 0 aliphatic heterocycles. The zero-order chi connectivity index (χ0) is 20.8. The van der Waals surface area contributed by atoms with Gasteiger partial charge in [0.2, 0.25) is 9.05 Å². The molecule has 0 saturated carbocycles. The van der Waals surface area contributed by atoms with E-state index in [4.69, 9.17) is 15.4 Å². The summed E-state index contributed by atoms with van der Waals surface area (Å²) in [5.74, 6) is -0.218. The predicted molar refractivity (Wildman–Crippen MR) is 112 cm³/mol. The Morgan fingerprint density at radius 2 is 1.46 bits per heavy atom. The molecule has 0 fully saturated rings. The molecule has 2 rings (SSSR count). The first-order valence-electron chi connectivity index (χ1n) is 9.09. The number of ether oxygens (including phenoxy) is 1. The normalized spacial score (nSPS) is 12.0. The largest absolute Gasteiger partial charge is 0.444 e. The van der Waals surface area contributed by atoms with Crippen molar-refractivity contribution in [3.05, 3.63) is 71.8 Å². The molecule has 0 spiro atoms. The van der Waals surface area contributed by atoms with Crippen molar-refractivity contribution in [2.75, 3.05) is 12.3 Å². The third kappa shape index (κ3) is 7.17. The molecule has 2 aromatic carbocycles. The van der Waals surface area contributed by atoms with Gasteiger partial charge in [0.05, 0.1) is 11.8 Å². The molecule has 5 nitrogen and oxygen atoms in total. The number of carbonyl (C=O) groups is 1. The number of amides is 1. The van der Waals surface area contributed by atoms with E-state index in [0.29, 0.717) is 0 Å². The fourth-order valence-electron chi connectivity index (χ4n) is 2.88. The summed E-state index contributed by atoms with van der Waals surface area (Å²) in [6.07, 6.45) is -0.293. The molecule has 0 aliphatic rings. The first-order chi connectivity index (χ1) is 13.1. The molecule has 0 N–H and O–H groups in total. The lowest BCUT2D eigenvalue weighted by Crippen LogP contribution is -2.40. The SMILES string of the molecule is CC(C)(C)OC(=O)N(CCCS(=O)(=O)Cl)C(c1ccccc1)c1ccccc1. The van der Waals surface area contributed by atoms with Gasteiger partial charge in [0.25, 0.3) is 0 Å². The molecule has 1 amide bonds. The van der Waals surface area contributed by atoms with Gasteiger partial charge in [-0.25, -0.2) is 13.2 Å². The maximum Gasteiger partial charge on any atom is 0.411 e. The van der Waals surface area contributed by atoms with Crippen LogP contribution in [-0.4, -0.2) is 37.3 Å². The molecule has 0 unspecified atom stereocenters. The Bertz CT molecular complexity index is 825. The van der Waals surface area contributed by atoms with Gasteiger partial charge in [0.1, 0.15) is 5.60 Å². The summed E-state index contributed by atoms with van der Waals surface area (Å²) in [5.41, 5.74) is 1.15. The highest BCUT2D eigenvalue weighted by atomic mass is 35.7. The molecular formula is C21H26ClNO4S. The van der Waals surface area contributed by atoms with Crippen LogP contribution in [0.3, 0.4) is 0 Å². The minimum atomic E-state index is -3.64. The van der Waals surface area contributed by atoms with Crippen LogP contribution in [0.1, 0.15) is 44.4 Å². The lowest BCUT2D eigenvalue weighted by atomic mass is 9.97. The van der Waals surface area contributed by atoms with Crippen LogP contribution in [0.4, 0.5) is 4.79 Å². The lowest BCUT2D eigenvalue weighted by Gasteiger charge is -2.34. The van der Waals surface area contributed by atoms with E-state index in [1.165, 1.54) is 0 Å². The Morgan fingerprint density at radius 3 is 1.86 bits per heavy atom. The van der Waals surface area contributed by atoms with Crippen LogP contribution in [-0.2, 0) is 13.8 Å². The first-order valence-corrected chi connectivity index (χ1v) is 11.6. The molecule has 0 aromatic heterocycles. The van der Waals surface area contributed by atoms with Gasteiger partial charge in [0, 0.05) is 17.2 Å². The van der Waals surface area contributed by atoms with E-state index in [2.05, 4.69) is 0 Å². The predicted octanol–water partition coefficient (Wildman–Crippen LogP) is 4.97. The van der Waals surface area contributed by atoms with Gasteiger partial charge >= 0.3 is 6.09 Å². The van der Waals surface area contributed by atoms with Crippen molar-refractivity contribution in [3.8, 4) is 0 Å². The van der Waals surface area contributed by atoms with E-state index < -0.39 is 26.8 Å². The number of hydrogen-bond donors (Lipinski definition) is 0. The fourth-order valence-corrected chi connectivity index (χ4v) is 3.68. The molecule has 0 atom stereocenters. The summed E-state index contributed by atoms with van der Waals surface area (Å²) in [6.45, 7) is 5.58. The molecule has 0 aliphatic carbocycles. The fraction of sp³-hybridized carbons (Fsp3) is 0.381. The maximum atomic E-state index is 13.0. The van der Waals surface area contributed by atoms with Crippen molar-refractivity contribution >= 4 is 25.8 Å². The minimum absolute atomic E-state index is 0.190. The van der Waals surface area contributed by atoms with Crippen molar-refractivity contribution in [3.63, 3.8) is 0 Å². The van der Waals surface area contributed by atoms with E-state index in [-0.39, 0.29) is 18.7 Å². The highest BCUT2D eigenvalue weighted by Crippen LogP contribution is 2.30. The molecule has 0 bridgehead atoms. The number of nitrogens with zero attached hydrogens (tertiary/aromatic N) is 1. The third-order valence-corrected chi connectivity index (χ3v) is 5.20. The Labute approximate surface area is 171 Å². The summed E-state index contributed by atoms with van der Waals surface area (Å²) in [4.78, 5) is 14.6. The number of benzene rings is 2. The van der Waals surface area contributed by atoms with Crippen LogP contribution >= 0.6 is 10.7 Å². The van der Waals surface area contributed by atoms with Crippen molar-refractivity contribution in [2.45, 2.75) is 38.8 Å². The molecule has 152 valence electrons. The van der Waals surface area contributed by atoms with Crippen molar-refractivity contribution in [2.24, 2.45) is 0 Å². The zero-order valence-electron chi connectivity index (χ0n) is 16.3. The molecule has 28 heavy (non-hydrogen) atoms. The van der Waals surface area contributed by atoms with Gasteiger partial charge in [-0.15, -0.1) is 0 Å². The highest BCUT2D eigenvalue weighted by molar-refractivity contribution is 8.13. The second-order valence-electron chi connectivity index (χ2n) is 7.49. The summed E-state index contributed by atoms with van der Waals surface area (Å²) in [7, 11) is 1.71. The molecule has 0 radical (unpaired) electrons. The quantitative estimate of drug-likeness (QED) is 0.589. The van der Waals surface area contributed by atoms with Gasteiger partial charge < -0.3 is 4.74 Å². The van der Waals surface area contributed by atoms with Crippen LogP contribution in [0.5, 0.6) is 0 Å². The van der Waals surface area contributed by atoms with Crippen molar-refractivity contribution in [1.82, 2.24) is 4.90 Å². The van der Waals surface area contributed by atoms with E-state index in [9.17, 15) is 13.2 Å². The highest BCUT2D eigenvalue weighted by Gasteiger charge is 2.30. The van der Waals surface area contributed by atoms with Gasteiger partial charge in [-0.2, -0.15) is 0 Å². The molecule has 0 saturated heterocycles. The van der Waals surface area contributed by atoms with E-state index in [1.54, 1.807) is 25.7 Å². The molecule has 2 aromatic rings. The van der Waals surface area contributed by atoms with E-state index >= 15 is 0 Å². The monoisotopic (exact) mass is 423 g/mol. The number of halogens is 1. The summed E-state index contributed by atoms with van der Waals surface area (Å²) >= 11 is 0. The van der Waals surface area contributed by atoms with Gasteiger partial charge in [-0.1, -0.05) is 60.7 Å². The summed E-state index contributed by atoms with van der Waals surface area (Å²) < 4.78 is 28.3. The maximum absolute atomic E-state index is 13.0. The van der Waals surface area contributed by atoms with Crippen LogP contribution in [0.25, 0.3) is 0 Å². The number of hydrogen-bond acceptors (Lipinski definition) is 4. The second-order valence-corrected chi connectivity index (χ2v) is 10.4. The smallest absolute Gasteiger partial charge is 0.411 e. The number of rotatable bonds is 7. The second kappa shape index (κ2) is 9.43. The minimum Gasteiger partial charge on any atom is -0.444 e. The average Bonchev–Trinajstić information content (AvgIpc) is 2.60. The summed E-state index contributed by atoms with van der Waals surface area (Å²) in [5, 5.41) is 0. The zero-order valence-corrected chi connectivity index (χ0v) is 17.9. The Kier molecular flexibility index (Phi) is 7.49. The Balaban J connectivity index is 2.43. The van der Waals surface area contributed by atoms with Crippen LogP contribution in [0.2, 0.25) is 0 Å². The Hall–Kier alpha value is -2.05. The van der Waals surface area contributed by atoms with Gasteiger partial charge in [0.15, 0.2) is 0 Å². The standard InChI is InChI=1S/C21H26ClNO4S/c1-21(2,3)27-20(24)23(15-10-16-28(22,25)26)19(17-11-6-4-7-12-17)18-13-8-5-9-14-18/h4-9,11-14,19H,10,15-16H2,1-3H3. The van der Waals surface area contributed by atoms with Crippen LogP contribution in [0, 0.1) is 0 Å². The van der Waals surface area contributed by atoms with Gasteiger partial charge in [-0.3, -0.25) is 4.90 Å². The topological polar surface area (TPSA) is 63.7 Å². The van der Waals surface area contributed by atoms with Crippen LogP contribution in [0.15, 0.2) is 60.7 Å². The van der Waals surface area contributed by atoms with E-state index in [1.807, 2.05) is 60.7 Å². The summed E-state index contributed by atoms with van der Waals surface area (Å²) in [6, 6.07) is 18.8. The lowest BCUT2D eigenvalue weighted by molar-refractivity contribution is 0.0191. The molecule has 7 heteroatoms. The molecular weight excluding hydrogens is 398 g/mol. The van der Waals surface area contributed by atoms with Crippen molar-refractivity contribution in [1.29, 1.82) is 0 Å². The third-order valence-electron chi connectivity index (χ3n) is 3.96. The average molecular weight is 424 g/mol. The Morgan fingerprint density at radius 1 is 1.00 bits per heavy atom. The number of carbonyl (C=O) groups excluding carboxylic acids is 1. The van der Waals surface area contributed by atoms with Crippen LogP contribution < -0.4 is 0 Å². The van der Waals surface area contributed by atoms with E-state index in [0.717, 1.165) is 11.1 Å². The first kappa shape index (κ1) is 22.2. The molecule has 0 heterocycles. The van der Waals surface area contributed by atoms with Crippen molar-refractivity contribution < 1.29 is 17.9 Å². The van der Waals surface area contributed by atoms with Gasteiger partial charge in [-0.05, 0) is 38.3 Å².